The minimum Gasteiger partial charge on any atom is -0.326 e. The van der Waals surface area contributed by atoms with Crippen LogP contribution in [-0.2, 0) is 13.1 Å². The van der Waals surface area contributed by atoms with Crippen LogP contribution in [0, 0.1) is 12.7 Å². The first kappa shape index (κ1) is 12.8. The first-order valence-electron chi connectivity index (χ1n) is 6.58. The van der Waals surface area contributed by atoms with Gasteiger partial charge in [-0.1, -0.05) is 18.2 Å². The lowest BCUT2D eigenvalue weighted by molar-refractivity contribution is 0.608. The molecule has 3 rings (SSSR count). The topological polar surface area (TPSA) is 43.8 Å². The van der Waals surface area contributed by atoms with Crippen molar-refractivity contribution in [1.82, 2.24) is 9.55 Å². The van der Waals surface area contributed by atoms with E-state index >= 15 is 0 Å². The molecule has 1 aromatic heterocycles. The molecule has 0 aliphatic heterocycles. The lowest BCUT2D eigenvalue weighted by atomic mass is 10.1. The van der Waals surface area contributed by atoms with Gasteiger partial charge in [0.25, 0.3) is 0 Å². The van der Waals surface area contributed by atoms with Gasteiger partial charge in [-0.2, -0.15) is 0 Å². The van der Waals surface area contributed by atoms with Gasteiger partial charge in [-0.05, 0) is 36.8 Å². The van der Waals surface area contributed by atoms with Gasteiger partial charge in [-0.15, -0.1) is 0 Å². The fourth-order valence-corrected chi connectivity index (χ4v) is 2.46. The fraction of sp³-hybridized carbons (Fsp3) is 0.188. The Morgan fingerprint density at radius 3 is 2.80 bits per heavy atom. The van der Waals surface area contributed by atoms with Crippen molar-refractivity contribution in [2.45, 2.75) is 20.0 Å². The summed E-state index contributed by atoms with van der Waals surface area (Å²) in [4.78, 5) is 4.53. The zero-order valence-corrected chi connectivity index (χ0v) is 11.3. The number of halogens is 1. The molecule has 102 valence electrons. The summed E-state index contributed by atoms with van der Waals surface area (Å²) in [6.07, 6.45) is 0. The second-order valence-electron chi connectivity index (χ2n) is 4.86. The molecular weight excluding hydrogens is 253 g/mol. The molecule has 0 spiro atoms. The van der Waals surface area contributed by atoms with Gasteiger partial charge in [0.2, 0.25) is 0 Å². The molecule has 3 aromatic rings. The maximum absolute atomic E-state index is 13.5. The lowest BCUT2D eigenvalue weighted by Crippen LogP contribution is -2.05. The van der Waals surface area contributed by atoms with Crippen LogP contribution >= 0.6 is 0 Å². The molecule has 20 heavy (non-hydrogen) atoms. The standard InChI is InChI=1S/C16H16FN3/c1-11-19-15-4-2-3-5-16(15)20(11)10-12-6-7-14(17)13(8-12)9-18/h2-8H,9-10,18H2,1H3. The predicted octanol–water partition coefficient (Wildman–Crippen LogP) is 2.99. The zero-order chi connectivity index (χ0) is 14.1. The molecule has 0 amide bonds. The monoisotopic (exact) mass is 269 g/mol. The number of nitrogens with two attached hydrogens (primary N) is 1. The van der Waals surface area contributed by atoms with E-state index in [9.17, 15) is 4.39 Å². The van der Waals surface area contributed by atoms with Gasteiger partial charge in [0.15, 0.2) is 0 Å². The highest BCUT2D eigenvalue weighted by atomic mass is 19.1. The molecule has 0 aliphatic carbocycles. The molecule has 0 atom stereocenters. The molecule has 0 bridgehead atoms. The number of hydrogen-bond acceptors (Lipinski definition) is 2. The molecule has 0 aliphatic rings. The molecule has 4 heteroatoms. The van der Waals surface area contributed by atoms with E-state index < -0.39 is 0 Å². The molecule has 0 saturated carbocycles. The first-order valence-corrected chi connectivity index (χ1v) is 6.58. The highest BCUT2D eigenvalue weighted by molar-refractivity contribution is 5.75. The summed E-state index contributed by atoms with van der Waals surface area (Å²) >= 11 is 0. The van der Waals surface area contributed by atoms with E-state index in [1.54, 1.807) is 6.07 Å². The number of hydrogen-bond donors (Lipinski definition) is 1. The summed E-state index contributed by atoms with van der Waals surface area (Å²) in [6, 6.07) is 13.1. The van der Waals surface area contributed by atoms with Crippen LogP contribution in [0.1, 0.15) is 17.0 Å². The van der Waals surface area contributed by atoms with Crippen molar-refractivity contribution in [1.29, 1.82) is 0 Å². The van der Waals surface area contributed by atoms with Gasteiger partial charge in [-0.3, -0.25) is 0 Å². The molecule has 2 N–H and O–H groups in total. The number of fused-ring (bicyclic) bond motifs is 1. The third-order valence-corrected chi connectivity index (χ3v) is 3.52. The Hall–Kier alpha value is -2.20. The van der Waals surface area contributed by atoms with Gasteiger partial charge in [0.05, 0.1) is 11.0 Å². The highest BCUT2D eigenvalue weighted by Crippen LogP contribution is 2.18. The summed E-state index contributed by atoms with van der Waals surface area (Å²) in [5.41, 5.74) is 9.19. The van der Waals surface area contributed by atoms with E-state index in [1.807, 2.05) is 37.3 Å². The quantitative estimate of drug-likeness (QED) is 0.794. The lowest BCUT2D eigenvalue weighted by Gasteiger charge is -2.09. The molecular formula is C16H16FN3. The van der Waals surface area contributed by atoms with Crippen LogP contribution in [0.5, 0.6) is 0 Å². The zero-order valence-electron chi connectivity index (χ0n) is 11.3. The average molecular weight is 269 g/mol. The van der Waals surface area contributed by atoms with Crippen molar-refractivity contribution in [3.63, 3.8) is 0 Å². The van der Waals surface area contributed by atoms with Gasteiger partial charge in [0.1, 0.15) is 11.6 Å². The van der Waals surface area contributed by atoms with Crippen LogP contribution in [0.25, 0.3) is 11.0 Å². The normalized spacial score (nSPS) is 11.2. The number of aromatic nitrogens is 2. The Morgan fingerprint density at radius 1 is 1.20 bits per heavy atom. The molecule has 3 nitrogen and oxygen atoms in total. The summed E-state index contributed by atoms with van der Waals surface area (Å²) in [5, 5.41) is 0. The Balaban J connectivity index is 2.03. The van der Waals surface area contributed by atoms with E-state index in [4.69, 9.17) is 5.73 Å². The van der Waals surface area contributed by atoms with Crippen molar-refractivity contribution in [2.24, 2.45) is 5.73 Å². The van der Waals surface area contributed by atoms with Gasteiger partial charge >= 0.3 is 0 Å². The number of imidazole rings is 1. The second kappa shape index (κ2) is 5.06. The van der Waals surface area contributed by atoms with E-state index in [2.05, 4.69) is 9.55 Å². The average Bonchev–Trinajstić information content (AvgIpc) is 2.77. The highest BCUT2D eigenvalue weighted by Gasteiger charge is 2.08. The fourth-order valence-electron chi connectivity index (χ4n) is 2.46. The minimum absolute atomic E-state index is 0.212. The Bertz CT molecular complexity index is 762. The van der Waals surface area contributed by atoms with Gasteiger partial charge < -0.3 is 10.3 Å². The number of para-hydroxylation sites is 2. The Labute approximate surface area is 116 Å². The van der Waals surface area contributed by atoms with Crippen molar-refractivity contribution < 1.29 is 4.39 Å². The number of rotatable bonds is 3. The van der Waals surface area contributed by atoms with E-state index in [1.165, 1.54) is 6.07 Å². The molecule has 0 fully saturated rings. The van der Waals surface area contributed by atoms with Crippen molar-refractivity contribution in [2.75, 3.05) is 0 Å². The Morgan fingerprint density at radius 2 is 2.00 bits per heavy atom. The molecule has 1 heterocycles. The van der Waals surface area contributed by atoms with Crippen LogP contribution in [-0.4, -0.2) is 9.55 Å². The van der Waals surface area contributed by atoms with Crippen molar-refractivity contribution >= 4 is 11.0 Å². The van der Waals surface area contributed by atoms with Crippen LogP contribution in [0.2, 0.25) is 0 Å². The summed E-state index contributed by atoms with van der Waals surface area (Å²) in [7, 11) is 0. The number of benzene rings is 2. The largest absolute Gasteiger partial charge is 0.326 e. The summed E-state index contributed by atoms with van der Waals surface area (Å²) < 4.78 is 15.6. The maximum atomic E-state index is 13.5. The first-order chi connectivity index (χ1) is 9.69. The molecule has 2 aromatic carbocycles. The van der Waals surface area contributed by atoms with Gasteiger partial charge in [0, 0.05) is 18.7 Å². The van der Waals surface area contributed by atoms with Crippen LogP contribution in [0.4, 0.5) is 4.39 Å². The van der Waals surface area contributed by atoms with Crippen LogP contribution < -0.4 is 5.73 Å². The smallest absolute Gasteiger partial charge is 0.127 e. The third-order valence-electron chi connectivity index (χ3n) is 3.52. The maximum Gasteiger partial charge on any atom is 0.127 e. The van der Waals surface area contributed by atoms with Crippen molar-refractivity contribution in [3.8, 4) is 0 Å². The number of nitrogens with zero attached hydrogens (tertiary/aromatic N) is 2. The van der Waals surface area contributed by atoms with E-state index in [-0.39, 0.29) is 12.4 Å². The van der Waals surface area contributed by atoms with Crippen molar-refractivity contribution in [3.05, 3.63) is 65.2 Å². The van der Waals surface area contributed by atoms with Gasteiger partial charge in [-0.25, -0.2) is 9.37 Å². The predicted molar refractivity (Wildman–Crippen MR) is 77.9 cm³/mol. The van der Waals surface area contributed by atoms with Crippen LogP contribution in [0.3, 0.4) is 0 Å². The molecule has 0 saturated heterocycles. The van der Waals surface area contributed by atoms with E-state index in [0.29, 0.717) is 12.1 Å². The SMILES string of the molecule is Cc1nc2ccccc2n1Cc1ccc(F)c(CN)c1. The van der Waals surface area contributed by atoms with Crippen LogP contribution in [0.15, 0.2) is 42.5 Å². The number of aryl methyl sites for hydroxylation is 1. The summed E-state index contributed by atoms with van der Waals surface area (Å²) in [5.74, 6) is 0.702. The summed E-state index contributed by atoms with van der Waals surface area (Å²) in [6.45, 7) is 2.86. The molecule has 0 unspecified atom stereocenters. The second-order valence-corrected chi connectivity index (χ2v) is 4.86. The Kier molecular flexibility index (Phi) is 3.24. The third kappa shape index (κ3) is 2.18. The minimum atomic E-state index is -0.247. The van der Waals surface area contributed by atoms with E-state index in [0.717, 1.165) is 22.4 Å². The molecule has 0 radical (unpaired) electrons.